The fraction of sp³-hybridized carbons (Fsp3) is 0.133. The first-order valence-electron chi connectivity index (χ1n) is 6.12. The van der Waals surface area contributed by atoms with Crippen molar-refractivity contribution in [1.29, 1.82) is 0 Å². The molecule has 2 rings (SSSR count). The Morgan fingerprint density at radius 1 is 1.15 bits per heavy atom. The van der Waals surface area contributed by atoms with Gasteiger partial charge in [-0.15, -0.1) is 0 Å². The zero-order chi connectivity index (χ0) is 14.5. The fourth-order valence-electron chi connectivity index (χ4n) is 1.89. The van der Waals surface area contributed by atoms with Crippen LogP contribution in [0.5, 0.6) is 0 Å². The molecule has 2 aromatic carbocycles. The van der Waals surface area contributed by atoms with E-state index in [1.807, 2.05) is 48.5 Å². The molecule has 0 fully saturated rings. The molecule has 20 heavy (non-hydrogen) atoms. The standard InChI is InChI=1S/C15H14Br2N2O/c16-11-6-7-13(17)14(8-11)19-15(20)12(9-18)10-4-2-1-3-5-10/h1-8,12H,9,18H2,(H,19,20). The molecule has 0 aliphatic heterocycles. The van der Waals surface area contributed by atoms with Crippen LogP contribution in [-0.4, -0.2) is 12.5 Å². The SMILES string of the molecule is NCC(C(=O)Nc1cc(Br)ccc1Br)c1ccccc1. The van der Waals surface area contributed by atoms with Crippen LogP contribution in [0.25, 0.3) is 0 Å². The third kappa shape index (κ3) is 3.69. The van der Waals surface area contributed by atoms with Crippen LogP contribution in [0, 0.1) is 0 Å². The molecule has 1 unspecified atom stereocenters. The van der Waals surface area contributed by atoms with E-state index in [0.717, 1.165) is 20.2 Å². The van der Waals surface area contributed by atoms with E-state index in [-0.39, 0.29) is 18.4 Å². The Morgan fingerprint density at radius 2 is 1.85 bits per heavy atom. The molecule has 0 aromatic heterocycles. The van der Waals surface area contributed by atoms with Crippen molar-refractivity contribution in [1.82, 2.24) is 0 Å². The third-order valence-corrected chi connectivity index (χ3v) is 4.13. The van der Waals surface area contributed by atoms with Crippen molar-refractivity contribution in [2.45, 2.75) is 5.92 Å². The number of hydrogen-bond donors (Lipinski definition) is 2. The summed E-state index contributed by atoms with van der Waals surface area (Å²) in [6, 6.07) is 15.2. The lowest BCUT2D eigenvalue weighted by atomic mass is 9.98. The van der Waals surface area contributed by atoms with Gasteiger partial charge in [0.15, 0.2) is 0 Å². The van der Waals surface area contributed by atoms with Crippen LogP contribution in [0.3, 0.4) is 0 Å². The van der Waals surface area contributed by atoms with Gasteiger partial charge in [-0.05, 0) is 39.7 Å². The second-order valence-electron chi connectivity index (χ2n) is 4.31. The molecule has 104 valence electrons. The van der Waals surface area contributed by atoms with Gasteiger partial charge in [-0.25, -0.2) is 0 Å². The van der Waals surface area contributed by atoms with Crippen molar-refractivity contribution >= 4 is 43.5 Å². The van der Waals surface area contributed by atoms with Crippen molar-refractivity contribution in [2.75, 3.05) is 11.9 Å². The Hall–Kier alpha value is -1.17. The highest BCUT2D eigenvalue weighted by Crippen LogP contribution is 2.27. The highest BCUT2D eigenvalue weighted by atomic mass is 79.9. The smallest absolute Gasteiger partial charge is 0.233 e. The Kier molecular flexibility index (Phi) is 5.34. The average molecular weight is 398 g/mol. The molecule has 3 nitrogen and oxygen atoms in total. The summed E-state index contributed by atoms with van der Waals surface area (Å²) in [4.78, 5) is 12.4. The molecule has 3 N–H and O–H groups in total. The number of benzene rings is 2. The molecule has 0 saturated heterocycles. The molecule has 1 amide bonds. The van der Waals surface area contributed by atoms with Gasteiger partial charge in [-0.3, -0.25) is 4.79 Å². The van der Waals surface area contributed by atoms with Gasteiger partial charge in [0.25, 0.3) is 0 Å². The van der Waals surface area contributed by atoms with Gasteiger partial charge in [0.05, 0.1) is 11.6 Å². The number of anilines is 1. The zero-order valence-corrected chi connectivity index (χ0v) is 13.8. The predicted octanol–water partition coefficient (Wildman–Crippen LogP) is 3.89. The summed E-state index contributed by atoms with van der Waals surface area (Å²) in [7, 11) is 0. The summed E-state index contributed by atoms with van der Waals surface area (Å²) in [5.74, 6) is -0.473. The van der Waals surface area contributed by atoms with E-state index in [1.165, 1.54) is 0 Å². The first kappa shape index (κ1) is 15.2. The summed E-state index contributed by atoms with van der Waals surface area (Å²) in [6.45, 7) is 0.265. The van der Waals surface area contributed by atoms with E-state index in [4.69, 9.17) is 5.73 Å². The van der Waals surface area contributed by atoms with Crippen molar-refractivity contribution in [3.63, 3.8) is 0 Å². The highest BCUT2D eigenvalue weighted by molar-refractivity contribution is 9.11. The molecule has 1 atom stereocenters. The van der Waals surface area contributed by atoms with Crippen LogP contribution in [0.2, 0.25) is 0 Å². The minimum atomic E-state index is -0.359. The second kappa shape index (κ2) is 7.02. The quantitative estimate of drug-likeness (QED) is 0.822. The lowest BCUT2D eigenvalue weighted by Gasteiger charge is -2.16. The van der Waals surface area contributed by atoms with Gasteiger partial charge in [0, 0.05) is 15.5 Å². The van der Waals surface area contributed by atoms with E-state index >= 15 is 0 Å². The van der Waals surface area contributed by atoms with E-state index < -0.39 is 0 Å². The molecule has 0 aliphatic rings. The maximum absolute atomic E-state index is 12.4. The van der Waals surface area contributed by atoms with Crippen LogP contribution < -0.4 is 11.1 Å². The number of hydrogen-bond acceptors (Lipinski definition) is 2. The number of amides is 1. The number of nitrogens with two attached hydrogens (primary N) is 1. The summed E-state index contributed by atoms with van der Waals surface area (Å²) >= 11 is 6.81. The third-order valence-electron chi connectivity index (χ3n) is 2.94. The largest absolute Gasteiger partial charge is 0.329 e. The van der Waals surface area contributed by atoms with Gasteiger partial charge >= 0.3 is 0 Å². The Labute approximate surface area is 134 Å². The first-order valence-corrected chi connectivity index (χ1v) is 7.71. The highest BCUT2D eigenvalue weighted by Gasteiger charge is 2.19. The molecule has 0 heterocycles. The zero-order valence-electron chi connectivity index (χ0n) is 10.6. The number of carbonyl (C=O) groups is 1. The summed E-state index contributed by atoms with van der Waals surface area (Å²) in [5.41, 5.74) is 7.38. The monoisotopic (exact) mass is 396 g/mol. The van der Waals surface area contributed by atoms with Crippen LogP contribution in [-0.2, 0) is 4.79 Å². The van der Waals surface area contributed by atoms with Gasteiger partial charge in [0.1, 0.15) is 0 Å². The number of halogens is 2. The topological polar surface area (TPSA) is 55.1 Å². The maximum Gasteiger partial charge on any atom is 0.233 e. The van der Waals surface area contributed by atoms with Crippen molar-refractivity contribution in [3.8, 4) is 0 Å². The lowest BCUT2D eigenvalue weighted by molar-refractivity contribution is -0.117. The van der Waals surface area contributed by atoms with Gasteiger partial charge < -0.3 is 11.1 Å². The fourth-order valence-corrected chi connectivity index (χ4v) is 2.60. The van der Waals surface area contributed by atoms with Gasteiger partial charge in [-0.2, -0.15) is 0 Å². The van der Waals surface area contributed by atoms with Gasteiger partial charge in [0.2, 0.25) is 5.91 Å². The molecule has 0 saturated carbocycles. The summed E-state index contributed by atoms with van der Waals surface area (Å²) in [5, 5.41) is 2.90. The molecule has 2 aromatic rings. The first-order chi connectivity index (χ1) is 9.61. The minimum absolute atomic E-state index is 0.113. The number of nitrogens with one attached hydrogen (secondary N) is 1. The maximum atomic E-state index is 12.4. The van der Waals surface area contributed by atoms with Crippen molar-refractivity contribution in [2.24, 2.45) is 5.73 Å². The molecular weight excluding hydrogens is 384 g/mol. The minimum Gasteiger partial charge on any atom is -0.329 e. The number of rotatable bonds is 4. The average Bonchev–Trinajstić information content (AvgIpc) is 2.45. The van der Waals surface area contributed by atoms with Crippen LogP contribution in [0.15, 0.2) is 57.5 Å². The molecular formula is C15H14Br2N2O. The van der Waals surface area contributed by atoms with Gasteiger partial charge in [-0.1, -0.05) is 46.3 Å². The second-order valence-corrected chi connectivity index (χ2v) is 6.08. The van der Waals surface area contributed by atoms with Crippen LogP contribution >= 0.6 is 31.9 Å². The molecule has 0 spiro atoms. The molecule has 5 heteroatoms. The Morgan fingerprint density at radius 3 is 2.50 bits per heavy atom. The van der Waals surface area contributed by atoms with E-state index in [1.54, 1.807) is 0 Å². The predicted molar refractivity (Wildman–Crippen MR) is 88.7 cm³/mol. The van der Waals surface area contributed by atoms with E-state index in [9.17, 15) is 4.79 Å². The van der Waals surface area contributed by atoms with E-state index in [2.05, 4.69) is 37.2 Å². The normalized spacial score (nSPS) is 11.9. The number of carbonyl (C=O) groups excluding carboxylic acids is 1. The summed E-state index contributed by atoms with van der Waals surface area (Å²) < 4.78 is 1.73. The summed E-state index contributed by atoms with van der Waals surface area (Å²) in [6.07, 6.45) is 0. The van der Waals surface area contributed by atoms with Crippen LogP contribution in [0.4, 0.5) is 5.69 Å². The lowest BCUT2D eigenvalue weighted by Crippen LogP contribution is -2.27. The van der Waals surface area contributed by atoms with E-state index in [0.29, 0.717) is 0 Å². The molecule has 0 radical (unpaired) electrons. The van der Waals surface area contributed by atoms with Crippen molar-refractivity contribution < 1.29 is 4.79 Å². The van der Waals surface area contributed by atoms with Crippen LogP contribution in [0.1, 0.15) is 11.5 Å². The molecule has 0 bridgehead atoms. The Bertz CT molecular complexity index is 602. The molecule has 0 aliphatic carbocycles. The Balaban J connectivity index is 2.20. The van der Waals surface area contributed by atoms with Crippen molar-refractivity contribution in [3.05, 3.63) is 63.0 Å².